The van der Waals surface area contributed by atoms with Gasteiger partial charge in [0.1, 0.15) is 0 Å². The minimum Gasteiger partial charge on any atom is -0.468 e. The summed E-state index contributed by atoms with van der Waals surface area (Å²) in [5, 5.41) is 0. The van der Waals surface area contributed by atoms with Crippen molar-refractivity contribution >= 4 is 33.9 Å². The van der Waals surface area contributed by atoms with E-state index in [1.165, 1.54) is 12.1 Å². The number of hydrogen-bond acceptors (Lipinski definition) is 10. The molecule has 1 heterocycles. The van der Waals surface area contributed by atoms with Gasteiger partial charge in [-0.3, -0.25) is 19.2 Å². The van der Waals surface area contributed by atoms with Gasteiger partial charge >= 0.3 is 23.9 Å². The molecular formula is C23H29NO10S. The fourth-order valence-corrected chi connectivity index (χ4v) is 7.27. The Bertz CT molecular complexity index is 1100. The lowest BCUT2D eigenvalue weighted by Gasteiger charge is -2.49. The van der Waals surface area contributed by atoms with Crippen molar-refractivity contribution in [3.63, 3.8) is 0 Å². The van der Waals surface area contributed by atoms with Crippen molar-refractivity contribution in [2.45, 2.75) is 37.1 Å². The molecular weight excluding hydrogens is 482 g/mol. The van der Waals surface area contributed by atoms with Crippen molar-refractivity contribution < 1.29 is 46.5 Å². The van der Waals surface area contributed by atoms with Crippen LogP contribution in [0.2, 0.25) is 0 Å². The third kappa shape index (κ3) is 3.98. The number of aryl methyl sites for hydroxylation is 1. The number of ether oxygens (including phenoxy) is 4. The molecule has 0 N–H and O–H groups in total. The Hall–Kier alpha value is -2.99. The van der Waals surface area contributed by atoms with E-state index in [0.717, 1.165) is 38.3 Å². The van der Waals surface area contributed by atoms with E-state index in [4.69, 9.17) is 18.9 Å². The number of nitrogens with zero attached hydrogens (tertiary/aromatic N) is 1. The Morgan fingerprint density at radius 3 is 1.80 bits per heavy atom. The standard InChI is InChI=1S/C23H29NO10S/c1-14-6-8-16(9-7-14)35(29,30)24-11-10-15-12-22(18(25)31-2,19(26)32-3)13-23(17(15)24,20(27)33-4)21(28)34-5/h6-9,15,17H,10-13H2,1-5H3/t15-,17-/m0/s1. The number of sulfonamides is 1. The number of rotatable bonds is 6. The van der Waals surface area contributed by atoms with Crippen molar-refractivity contribution in [1.82, 2.24) is 4.31 Å². The fourth-order valence-electron chi connectivity index (χ4n) is 5.52. The number of carbonyl (C=O) groups is 4. The SMILES string of the molecule is COC(=O)C1(C(=O)OC)C[C@@H]2CCN(S(=O)(=O)c3ccc(C)cc3)[C@@H]2C(C(=O)OC)(C(=O)OC)C1. The fraction of sp³-hybridized carbons (Fsp3) is 0.565. The molecule has 1 aromatic carbocycles. The van der Waals surface area contributed by atoms with Crippen molar-refractivity contribution in [1.29, 1.82) is 0 Å². The molecule has 0 spiro atoms. The van der Waals surface area contributed by atoms with E-state index in [9.17, 15) is 27.6 Å². The third-order valence-corrected chi connectivity index (χ3v) is 8.95. The van der Waals surface area contributed by atoms with Gasteiger partial charge in [0.25, 0.3) is 0 Å². The maximum absolute atomic E-state index is 13.7. The molecule has 1 aromatic rings. The Balaban J connectivity index is 2.27. The molecule has 0 aromatic heterocycles. The van der Waals surface area contributed by atoms with E-state index >= 15 is 0 Å². The zero-order chi connectivity index (χ0) is 26.2. The second kappa shape index (κ2) is 9.57. The number of esters is 4. The van der Waals surface area contributed by atoms with Gasteiger partial charge in [0.2, 0.25) is 10.0 Å². The summed E-state index contributed by atoms with van der Waals surface area (Å²) in [5.41, 5.74) is -3.53. The second-order valence-electron chi connectivity index (χ2n) is 8.82. The van der Waals surface area contributed by atoms with Gasteiger partial charge in [0.05, 0.1) is 39.4 Å². The minimum absolute atomic E-state index is 0.0230. The Morgan fingerprint density at radius 1 is 0.857 bits per heavy atom. The van der Waals surface area contributed by atoms with Crippen molar-refractivity contribution in [2.24, 2.45) is 16.7 Å². The molecule has 1 aliphatic heterocycles. The largest absolute Gasteiger partial charge is 0.468 e. The average Bonchev–Trinajstić information content (AvgIpc) is 3.31. The maximum atomic E-state index is 13.7. The molecule has 1 saturated carbocycles. The third-order valence-electron chi connectivity index (χ3n) is 7.05. The molecule has 2 fully saturated rings. The van der Waals surface area contributed by atoms with Gasteiger partial charge in [-0.15, -0.1) is 0 Å². The number of carbonyl (C=O) groups excluding carboxylic acids is 4. The van der Waals surface area contributed by atoms with Crippen LogP contribution in [0.5, 0.6) is 0 Å². The predicted octanol–water partition coefficient (Wildman–Crippen LogP) is 0.833. The second-order valence-corrected chi connectivity index (χ2v) is 10.7. The number of methoxy groups -OCH3 is 4. The van der Waals surface area contributed by atoms with Crippen LogP contribution in [-0.4, -0.2) is 77.6 Å². The molecule has 11 nitrogen and oxygen atoms in total. The van der Waals surface area contributed by atoms with Crippen molar-refractivity contribution in [3.05, 3.63) is 29.8 Å². The highest BCUT2D eigenvalue weighted by molar-refractivity contribution is 7.89. The van der Waals surface area contributed by atoms with Crippen LogP contribution in [0.15, 0.2) is 29.2 Å². The van der Waals surface area contributed by atoms with Crippen LogP contribution in [0.1, 0.15) is 24.8 Å². The summed E-state index contributed by atoms with van der Waals surface area (Å²) in [6, 6.07) is 4.87. The lowest BCUT2D eigenvalue weighted by Crippen LogP contribution is -2.65. The first-order valence-electron chi connectivity index (χ1n) is 10.9. The molecule has 35 heavy (non-hydrogen) atoms. The topological polar surface area (TPSA) is 143 Å². The lowest BCUT2D eigenvalue weighted by molar-refractivity contribution is -0.192. The van der Waals surface area contributed by atoms with Gasteiger partial charge < -0.3 is 18.9 Å². The molecule has 3 rings (SSSR count). The van der Waals surface area contributed by atoms with Crippen LogP contribution < -0.4 is 0 Å². The number of fused-ring (bicyclic) bond motifs is 1. The monoisotopic (exact) mass is 511 g/mol. The first-order chi connectivity index (χ1) is 16.5. The molecule has 192 valence electrons. The summed E-state index contributed by atoms with van der Waals surface area (Å²) in [4.78, 5) is 52.6. The Labute approximate surface area is 203 Å². The Morgan fingerprint density at radius 2 is 1.34 bits per heavy atom. The quantitative estimate of drug-likeness (QED) is 0.306. The summed E-state index contributed by atoms with van der Waals surface area (Å²) in [7, 11) is 0.0150. The highest BCUT2D eigenvalue weighted by Gasteiger charge is 2.72. The highest BCUT2D eigenvalue weighted by atomic mass is 32.2. The van der Waals surface area contributed by atoms with E-state index in [-0.39, 0.29) is 24.3 Å². The highest BCUT2D eigenvalue weighted by Crippen LogP contribution is 2.57. The molecule has 2 atom stereocenters. The van der Waals surface area contributed by atoms with Gasteiger partial charge in [-0.25, -0.2) is 8.42 Å². The first-order valence-corrected chi connectivity index (χ1v) is 12.3. The van der Waals surface area contributed by atoms with Crippen molar-refractivity contribution in [2.75, 3.05) is 35.0 Å². The summed E-state index contributed by atoms with van der Waals surface area (Å²) in [6.45, 7) is 1.75. The molecule has 0 radical (unpaired) electrons. The number of benzene rings is 1. The van der Waals surface area contributed by atoms with Crippen LogP contribution in [0, 0.1) is 23.7 Å². The average molecular weight is 512 g/mol. The Kier molecular flexibility index (Phi) is 7.28. The van der Waals surface area contributed by atoms with Crippen molar-refractivity contribution in [3.8, 4) is 0 Å². The van der Waals surface area contributed by atoms with Gasteiger partial charge in [-0.05, 0) is 37.8 Å². The van der Waals surface area contributed by atoms with E-state index in [1.54, 1.807) is 12.1 Å². The smallest absolute Gasteiger partial charge is 0.324 e. The van der Waals surface area contributed by atoms with Crippen LogP contribution in [0.3, 0.4) is 0 Å². The van der Waals surface area contributed by atoms with Gasteiger partial charge in [0, 0.05) is 13.0 Å². The zero-order valence-corrected chi connectivity index (χ0v) is 21.0. The number of hydrogen-bond donors (Lipinski definition) is 0. The molecule has 0 unspecified atom stereocenters. The summed E-state index contributed by atoms with van der Waals surface area (Å²) < 4.78 is 48.1. The van der Waals surface area contributed by atoms with Gasteiger partial charge in [-0.1, -0.05) is 17.7 Å². The minimum atomic E-state index is -4.18. The van der Waals surface area contributed by atoms with Gasteiger partial charge in [0.15, 0.2) is 10.8 Å². The van der Waals surface area contributed by atoms with E-state index in [0.29, 0.717) is 0 Å². The molecule has 12 heteroatoms. The molecule has 2 aliphatic rings. The summed E-state index contributed by atoms with van der Waals surface area (Å²) in [6.07, 6.45) is -0.756. The summed E-state index contributed by atoms with van der Waals surface area (Å²) >= 11 is 0. The van der Waals surface area contributed by atoms with Crippen LogP contribution in [-0.2, 0) is 48.1 Å². The van der Waals surface area contributed by atoms with E-state index in [1.807, 2.05) is 6.92 Å². The van der Waals surface area contributed by atoms with Gasteiger partial charge in [-0.2, -0.15) is 4.31 Å². The first kappa shape index (κ1) is 26.6. The predicted molar refractivity (Wildman–Crippen MR) is 119 cm³/mol. The molecule has 1 aliphatic carbocycles. The van der Waals surface area contributed by atoms with Crippen LogP contribution >= 0.6 is 0 Å². The van der Waals surface area contributed by atoms with E-state index in [2.05, 4.69) is 0 Å². The summed E-state index contributed by atoms with van der Waals surface area (Å²) in [5.74, 6) is -5.01. The lowest BCUT2D eigenvalue weighted by atomic mass is 9.56. The zero-order valence-electron chi connectivity index (χ0n) is 20.2. The molecule has 1 saturated heterocycles. The van der Waals surface area contributed by atoms with Crippen LogP contribution in [0.4, 0.5) is 0 Å². The molecule has 0 amide bonds. The molecule has 0 bridgehead atoms. The van der Waals surface area contributed by atoms with E-state index < -0.39 is 63.1 Å². The van der Waals surface area contributed by atoms with Crippen LogP contribution in [0.25, 0.3) is 0 Å². The maximum Gasteiger partial charge on any atom is 0.324 e. The normalized spacial score (nSPS) is 23.0.